The van der Waals surface area contributed by atoms with Crippen LogP contribution in [0.2, 0.25) is 0 Å². The van der Waals surface area contributed by atoms with Gasteiger partial charge in [-0.2, -0.15) is 0 Å². The second-order valence-corrected chi connectivity index (χ2v) is 7.01. The van der Waals surface area contributed by atoms with E-state index in [1.807, 2.05) is 20.8 Å². The van der Waals surface area contributed by atoms with Crippen molar-refractivity contribution in [3.8, 4) is 0 Å². The molecule has 0 fully saturated rings. The van der Waals surface area contributed by atoms with E-state index in [0.29, 0.717) is 16.5 Å². The zero-order valence-electron chi connectivity index (χ0n) is 13.9. The van der Waals surface area contributed by atoms with Crippen LogP contribution < -0.4 is 16.2 Å². The molecule has 7 nitrogen and oxygen atoms in total. The van der Waals surface area contributed by atoms with E-state index in [9.17, 15) is 14.4 Å². The number of aromatic nitrogens is 2. The number of fused-ring (bicyclic) bond motifs is 1. The van der Waals surface area contributed by atoms with Crippen LogP contribution in [0.1, 0.15) is 38.1 Å². The van der Waals surface area contributed by atoms with Gasteiger partial charge in [-0.05, 0) is 58.1 Å². The lowest BCUT2D eigenvalue weighted by Gasteiger charge is -2.23. The van der Waals surface area contributed by atoms with Gasteiger partial charge in [0.25, 0.3) is 11.5 Å². The fourth-order valence-corrected chi connectivity index (χ4v) is 2.34. The van der Waals surface area contributed by atoms with Crippen molar-refractivity contribution in [1.29, 1.82) is 0 Å². The second kappa shape index (κ2) is 6.56. The van der Waals surface area contributed by atoms with Gasteiger partial charge in [0.05, 0.1) is 10.9 Å². The molecule has 0 bridgehead atoms. The fourth-order valence-electron chi connectivity index (χ4n) is 2.13. The van der Waals surface area contributed by atoms with Crippen molar-refractivity contribution in [1.82, 2.24) is 20.6 Å². The van der Waals surface area contributed by atoms with E-state index in [1.165, 1.54) is 18.2 Å². The predicted molar refractivity (Wildman–Crippen MR) is 94.6 cm³/mol. The molecule has 2 aromatic rings. The summed E-state index contributed by atoms with van der Waals surface area (Å²) in [7, 11) is 0. The van der Waals surface area contributed by atoms with Crippen molar-refractivity contribution < 1.29 is 9.59 Å². The molecule has 1 heterocycles. The van der Waals surface area contributed by atoms with Gasteiger partial charge in [0.1, 0.15) is 6.04 Å². The molecule has 8 heteroatoms. The Morgan fingerprint density at radius 2 is 1.88 bits per heavy atom. The minimum atomic E-state index is -0.690. The zero-order valence-corrected chi connectivity index (χ0v) is 14.8. The minimum Gasteiger partial charge on any atom is -0.350 e. The number of amides is 2. The molecule has 1 atom stereocenters. The van der Waals surface area contributed by atoms with Crippen LogP contribution in [0, 0.1) is 4.77 Å². The molecule has 1 aromatic carbocycles. The van der Waals surface area contributed by atoms with Crippen LogP contribution in [0.3, 0.4) is 0 Å². The lowest BCUT2D eigenvalue weighted by molar-refractivity contribution is -0.124. The van der Waals surface area contributed by atoms with Gasteiger partial charge in [-0.25, -0.2) is 0 Å². The molecule has 0 aliphatic heterocycles. The van der Waals surface area contributed by atoms with Gasteiger partial charge in [-0.15, -0.1) is 0 Å². The molecule has 0 spiro atoms. The van der Waals surface area contributed by atoms with Gasteiger partial charge in [0.2, 0.25) is 5.91 Å². The van der Waals surface area contributed by atoms with Crippen LogP contribution in [0.4, 0.5) is 0 Å². The van der Waals surface area contributed by atoms with E-state index < -0.39 is 11.9 Å². The zero-order chi connectivity index (χ0) is 18.1. The SMILES string of the molecule is C[C@H](NC(=O)c1ccc2c(=O)[nH]c(=S)[nH]c2c1)C(=O)NC(C)(C)C. The molecule has 0 radical (unpaired) electrons. The summed E-state index contributed by atoms with van der Waals surface area (Å²) in [5, 5.41) is 5.84. The van der Waals surface area contributed by atoms with E-state index in [-0.39, 0.29) is 21.8 Å². The van der Waals surface area contributed by atoms with E-state index in [1.54, 1.807) is 6.92 Å². The van der Waals surface area contributed by atoms with Gasteiger partial charge in [0.15, 0.2) is 4.77 Å². The smallest absolute Gasteiger partial charge is 0.259 e. The minimum absolute atomic E-state index is 0.183. The van der Waals surface area contributed by atoms with Gasteiger partial charge in [0, 0.05) is 11.1 Å². The normalized spacial score (nSPS) is 12.7. The fraction of sp³-hybridized carbons (Fsp3) is 0.375. The van der Waals surface area contributed by atoms with Crippen molar-refractivity contribution in [2.75, 3.05) is 0 Å². The van der Waals surface area contributed by atoms with E-state index >= 15 is 0 Å². The average molecular weight is 348 g/mol. The molecule has 0 aliphatic rings. The summed E-state index contributed by atoms with van der Waals surface area (Å²) in [6, 6.07) is 3.90. The highest BCUT2D eigenvalue weighted by atomic mass is 32.1. The number of aromatic amines is 2. The molecule has 0 saturated heterocycles. The first kappa shape index (κ1) is 17.9. The summed E-state index contributed by atoms with van der Waals surface area (Å²) in [4.78, 5) is 41.5. The van der Waals surface area contributed by atoms with Crippen molar-refractivity contribution in [3.63, 3.8) is 0 Å². The lowest BCUT2D eigenvalue weighted by Crippen LogP contribution is -2.50. The molecular weight excluding hydrogens is 328 g/mol. The van der Waals surface area contributed by atoms with Crippen molar-refractivity contribution in [2.24, 2.45) is 0 Å². The number of hydrogen-bond acceptors (Lipinski definition) is 4. The molecule has 2 rings (SSSR count). The van der Waals surface area contributed by atoms with Crippen molar-refractivity contribution in [3.05, 3.63) is 38.9 Å². The molecule has 0 saturated carbocycles. The molecule has 2 amide bonds. The number of nitrogens with one attached hydrogen (secondary N) is 4. The van der Waals surface area contributed by atoms with Crippen LogP contribution in [0.5, 0.6) is 0 Å². The van der Waals surface area contributed by atoms with Crippen molar-refractivity contribution >= 4 is 34.9 Å². The molecular formula is C16H20N4O3S. The third-order valence-electron chi connectivity index (χ3n) is 3.24. The molecule has 1 aromatic heterocycles. The van der Waals surface area contributed by atoms with Crippen molar-refractivity contribution in [2.45, 2.75) is 39.3 Å². The van der Waals surface area contributed by atoms with Crippen LogP contribution in [0.15, 0.2) is 23.0 Å². The van der Waals surface area contributed by atoms with Gasteiger partial charge < -0.3 is 15.6 Å². The average Bonchev–Trinajstić information content (AvgIpc) is 2.44. The topological polar surface area (TPSA) is 107 Å². The Morgan fingerprint density at radius 1 is 1.21 bits per heavy atom. The molecule has 24 heavy (non-hydrogen) atoms. The summed E-state index contributed by atoms with van der Waals surface area (Å²) < 4.78 is 0.183. The Morgan fingerprint density at radius 3 is 2.50 bits per heavy atom. The Balaban J connectivity index is 2.21. The number of rotatable bonds is 3. The number of H-pyrrole nitrogens is 2. The standard InChI is InChI=1S/C16H20N4O3S/c1-8(12(21)20-16(2,3)4)17-13(22)9-5-6-10-11(7-9)18-15(24)19-14(10)23/h5-8H,1-4H3,(H,17,22)(H,20,21)(H2,18,19,23,24)/t8-/m0/s1. The Bertz CT molecular complexity index is 908. The lowest BCUT2D eigenvalue weighted by atomic mass is 10.1. The predicted octanol–water partition coefficient (Wildman–Crippen LogP) is 1.62. The molecule has 4 N–H and O–H groups in total. The first-order valence-electron chi connectivity index (χ1n) is 7.46. The summed E-state index contributed by atoms with van der Waals surface area (Å²) in [5.74, 6) is -0.680. The Kier molecular flexibility index (Phi) is 4.88. The van der Waals surface area contributed by atoms with E-state index in [4.69, 9.17) is 12.2 Å². The third-order valence-corrected chi connectivity index (χ3v) is 3.44. The summed E-state index contributed by atoms with van der Waals surface area (Å²) in [6.45, 7) is 7.20. The van der Waals surface area contributed by atoms with Gasteiger partial charge >= 0.3 is 0 Å². The van der Waals surface area contributed by atoms with Crippen LogP contribution in [0.25, 0.3) is 10.9 Å². The maximum absolute atomic E-state index is 12.3. The quantitative estimate of drug-likeness (QED) is 0.632. The molecule has 0 unspecified atom stereocenters. The highest BCUT2D eigenvalue weighted by Crippen LogP contribution is 2.10. The third kappa shape index (κ3) is 4.29. The number of carbonyl (C=O) groups is 2. The monoisotopic (exact) mass is 348 g/mol. The summed E-state index contributed by atoms with van der Waals surface area (Å²) in [5.41, 5.74) is 0.0884. The highest BCUT2D eigenvalue weighted by Gasteiger charge is 2.21. The van der Waals surface area contributed by atoms with Gasteiger partial charge in [-0.1, -0.05) is 0 Å². The highest BCUT2D eigenvalue weighted by molar-refractivity contribution is 7.71. The largest absolute Gasteiger partial charge is 0.350 e. The Labute approximate surface area is 143 Å². The Hall–Kier alpha value is -2.48. The van der Waals surface area contributed by atoms with E-state index in [2.05, 4.69) is 20.6 Å². The first-order valence-corrected chi connectivity index (χ1v) is 7.87. The number of carbonyl (C=O) groups excluding carboxylic acids is 2. The summed E-state index contributed by atoms with van der Waals surface area (Å²) >= 11 is 4.93. The maximum atomic E-state index is 12.3. The number of benzene rings is 1. The van der Waals surface area contributed by atoms with Crippen LogP contribution in [-0.2, 0) is 4.79 Å². The number of hydrogen-bond donors (Lipinski definition) is 4. The molecule has 128 valence electrons. The van der Waals surface area contributed by atoms with E-state index in [0.717, 1.165) is 0 Å². The molecule has 0 aliphatic carbocycles. The summed E-state index contributed by atoms with van der Waals surface area (Å²) in [6.07, 6.45) is 0. The second-order valence-electron chi connectivity index (χ2n) is 6.60. The maximum Gasteiger partial charge on any atom is 0.259 e. The van der Waals surface area contributed by atoms with Crippen LogP contribution in [-0.4, -0.2) is 33.4 Å². The first-order chi connectivity index (χ1) is 11.1. The van der Waals surface area contributed by atoms with Gasteiger partial charge in [-0.3, -0.25) is 19.4 Å². The van der Waals surface area contributed by atoms with Crippen LogP contribution >= 0.6 is 12.2 Å².